The third-order valence-corrected chi connectivity index (χ3v) is 4.27. The average molecular weight is 389 g/mol. The maximum absolute atomic E-state index is 13.5. The van der Waals surface area contributed by atoms with Gasteiger partial charge >= 0.3 is 5.97 Å². The van der Waals surface area contributed by atoms with Gasteiger partial charge in [-0.2, -0.15) is 0 Å². The number of carbonyl (C=O) groups excluding carboxylic acids is 1. The van der Waals surface area contributed by atoms with Gasteiger partial charge in [0.1, 0.15) is 5.75 Å². The minimum atomic E-state index is -1.09. The predicted octanol–water partition coefficient (Wildman–Crippen LogP) is 3.50. The number of hydrogen-bond donors (Lipinski definition) is 2. The lowest BCUT2D eigenvalue weighted by atomic mass is 9.88. The van der Waals surface area contributed by atoms with Gasteiger partial charge < -0.3 is 19.9 Å². The molecular weight excluding hydrogens is 365 g/mol. The van der Waals surface area contributed by atoms with Gasteiger partial charge in [0.15, 0.2) is 11.6 Å². The molecule has 0 aliphatic heterocycles. The normalized spacial score (nSPS) is 12.7. The van der Waals surface area contributed by atoms with Crippen molar-refractivity contribution in [2.24, 2.45) is 0 Å². The lowest BCUT2D eigenvalue weighted by Crippen LogP contribution is -2.45. The minimum Gasteiger partial charge on any atom is -0.497 e. The van der Waals surface area contributed by atoms with E-state index in [1.54, 1.807) is 43.3 Å². The van der Waals surface area contributed by atoms with Crippen LogP contribution in [-0.4, -0.2) is 30.7 Å². The van der Waals surface area contributed by atoms with E-state index in [4.69, 9.17) is 9.47 Å². The highest BCUT2D eigenvalue weighted by molar-refractivity contribution is 5.78. The lowest BCUT2D eigenvalue weighted by Gasteiger charge is -2.30. The van der Waals surface area contributed by atoms with Crippen LogP contribution in [0.5, 0.6) is 11.5 Å². The highest BCUT2D eigenvalue weighted by Crippen LogP contribution is 2.28. The Balaban J connectivity index is 1.96. The summed E-state index contributed by atoms with van der Waals surface area (Å²) in [6, 6.07) is 13.0. The van der Waals surface area contributed by atoms with Crippen LogP contribution in [0.3, 0.4) is 0 Å². The molecule has 2 aromatic rings. The average Bonchev–Trinajstić information content (AvgIpc) is 2.66. The van der Waals surface area contributed by atoms with Gasteiger partial charge in [-0.1, -0.05) is 24.3 Å². The number of aliphatic carboxylic acids is 1. The van der Waals surface area contributed by atoms with Gasteiger partial charge in [-0.05, 0) is 43.2 Å². The second-order valence-corrected chi connectivity index (χ2v) is 6.57. The second kappa shape index (κ2) is 9.73. The van der Waals surface area contributed by atoms with Crippen molar-refractivity contribution in [1.29, 1.82) is 0 Å². The van der Waals surface area contributed by atoms with E-state index in [-0.39, 0.29) is 31.1 Å². The topological polar surface area (TPSA) is 84.9 Å². The molecule has 0 aliphatic rings. The fourth-order valence-corrected chi connectivity index (χ4v) is 2.83. The maximum Gasteiger partial charge on any atom is 0.306 e. The number of ether oxygens (including phenoxy) is 2. The highest BCUT2D eigenvalue weighted by atomic mass is 19.1. The molecule has 1 unspecified atom stereocenters. The number of amides is 1. The van der Waals surface area contributed by atoms with Gasteiger partial charge in [-0.3, -0.25) is 9.59 Å². The van der Waals surface area contributed by atoms with Gasteiger partial charge in [-0.25, -0.2) is 4.39 Å². The molecular formula is C21H24FNO5. The number of rotatable bonds is 10. The maximum atomic E-state index is 13.5. The number of carboxylic acid groups (broad SMARTS) is 1. The molecule has 0 radical (unpaired) electrons. The van der Waals surface area contributed by atoms with Crippen molar-refractivity contribution in [3.63, 3.8) is 0 Å². The van der Waals surface area contributed by atoms with Crippen molar-refractivity contribution in [3.8, 4) is 11.5 Å². The lowest BCUT2D eigenvalue weighted by molar-refractivity contribution is -0.139. The number of halogens is 1. The number of nitrogens with one attached hydrogen (secondary N) is 1. The second-order valence-electron chi connectivity index (χ2n) is 6.57. The molecule has 0 bridgehead atoms. The van der Waals surface area contributed by atoms with E-state index in [1.807, 2.05) is 0 Å². The minimum absolute atomic E-state index is 0.119. The van der Waals surface area contributed by atoms with Crippen molar-refractivity contribution < 1.29 is 28.6 Å². The van der Waals surface area contributed by atoms with E-state index in [9.17, 15) is 19.1 Å². The summed E-state index contributed by atoms with van der Waals surface area (Å²) in [4.78, 5) is 23.7. The van der Waals surface area contributed by atoms with Crippen LogP contribution in [0.4, 0.5) is 4.39 Å². The Labute approximate surface area is 163 Å². The first-order valence-corrected chi connectivity index (χ1v) is 8.89. The van der Waals surface area contributed by atoms with E-state index in [0.717, 1.165) is 0 Å². The molecule has 6 nitrogen and oxygen atoms in total. The molecule has 0 aliphatic carbocycles. The quantitative estimate of drug-likeness (QED) is 0.608. The predicted molar refractivity (Wildman–Crippen MR) is 102 cm³/mol. The summed E-state index contributed by atoms with van der Waals surface area (Å²) in [5, 5.41) is 12.1. The Morgan fingerprint density at radius 1 is 1.18 bits per heavy atom. The van der Waals surface area contributed by atoms with Gasteiger partial charge in [0.2, 0.25) is 5.91 Å². The van der Waals surface area contributed by atoms with Crippen molar-refractivity contribution in [2.75, 3.05) is 13.7 Å². The summed E-state index contributed by atoms with van der Waals surface area (Å²) in [6.45, 7) is 1.83. The third-order valence-electron chi connectivity index (χ3n) is 4.27. The smallest absolute Gasteiger partial charge is 0.306 e. The van der Waals surface area contributed by atoms with E-state index >= 15 is 0 Å². The molecule has 0 aromatic heterocycles. The first-order valence-electron chi connectivity index (χ1n) is 8.89. The Morgan fingerprint density at radius 2 is 1.93 bits per heavy atom. The van der Waals surface area contributed by atoms with Crippen LogP contribution in [-0.2, 0) is 15.1 Å². The summed E-state index contributed by atoms with van der Waals surface area (Å²) in [5.74, 6) is -1.10. The Morgan fingerprint density at radius 3 is 2.61 bits per heavy atom. The van der Waals surface area contributed by atoms with Crippen LogP contribution in [0.1, 0.15) is 31.7 Å². The van der Waals surface area contributed by atoms with Crippen LogP contribution in [0, 0.1) is 5.82 Å². The zero-order chi connectivity index (χ0) is 20.6. The molecule has 0 spiro atoms. The summed E-state index contributed by atoms with van der Waals surface area (Å²) in [6.07, 6.45) is 0.201. The molecule has 2 N–H and O–H groups in total. The molecule has 0 fully saturated rings. The van der Waals surface area contributed by atoms with Crippen LogP contribution in [0.25, 0.3) is 0 Å². The first kappa shape index (κ1) is 21.2. The summed E-state index contributed by atoms with van der Waals surface area (Å²) >= 11 is 0. The number of para-hydroxylation sites is 1. The molecule has 150 valence electrons. The Hall–Kier alpha value is -3.09. The third kappa shape index (κ3) is 5.97. The van der Waals surface area contributed by atoms with Gasteiger partial charge in [0.25, 0.3) is 0 Å². The molecule has 0 heterocycles. The molecule has 0 saturated heterocycles. The van der Waals surface area contributed by atoms with Gasteiger partial charge in [0, 0.05) is 6.42 Å². The van der Waals surface area contributed by atoms with Crippen molar-refractivity contribution >= 4 is 11.9 Å². The van der Waals surface area contributed by atoms with Crippen molar-refractivity contribution in [1.82, 2.24) is 5.32 Å². The van der Waals surface area contributed by atoms with Crippen LogP contribution in [0.2, 0.25) is 0 Å². The number of carbonyl (C=O) groups is 2. The van der Waals surface area contributed by atoms with Crippen LogP contribution >= 0.6 is 0 Å². The number of benzene rings is 2. The van der Waals surface area contributed by atoms with E-state index in [0.29, 0.717) is 17.7 Å². The van der Waals surface area contributed by atoms with Crippen LogP contribution < -0.4 is 14.8 Å². The van der Waals surface area contributed by atoms with E-state index < -0.39 is 17.3 Å². The molecule has 2 aromatic carbocycles. The fraction of sp³-hybridized carbons (Fsp3) is 0.333. The van der Waals surface area contributed by atoms with Crippen molar-refractivity contribution in [2.45, 2.75) is 31.7 Å². The first-order chi connectivity index (χ1) is 13.3. The van der Waals surface area contributed by atoms with Crippen molar-refractivity contribution in [3.05, 3.63) is 59.9 Å². The number of hydrogen-bond acceptors (Lipinski definition) is 4. The van der Waals surface area contributed by atoms with E-state index in [2.05, 4.69) is 5.32 Å². The molecule has 2 rings (SSSR count). The Kier molecular flexibility index (Phi) is 7.37. The summed E-state index contributed by atoms with van der Waals surface area (Å²) < 4.78 is 24.0. The molecule has 1 atom stereocenters. The summed E-state index contributed by atoms with van der Waals surface area (Å²) in [5.41, 5.74) is -0.464. The molecule has 1 amide bonds. The van der Waals surface area contributed by atoms with Crippen LogP contribution in [0.15, 0.2) is 48.5 Å². The fourth-order valence-electron chi connectivity index (χ4n) is 2.83. The van der Waals surface area contributed by atoms with Gasteiger partial charge in [-0.15, -0.1) is 0 Å². The van der Waals surface area contributed by atoms with Gasteiger partial charge in [0.05, 0.1) is 25.7 Å². The monoisotopic (exact) mass is 389 g/mol. The zero-order valence-corrected chi connectivity index (χ0v) is 15.9. The number of carboxylic acids is 1. The molecule has 7 heteroatoms. The zero-order valence-electron chi connectivity index (χ0n) is 15.9. The summed E-state index contributed by atoms with van der Waals surface area (Å²) in [7, 11) is 1.52. The number of methoxy groups -OCH3 is 1. The largest absolute Gasteiger partial charge is 0.497 e. The molecule has 28 heavy (non-hydrogen) atoms. The standard InChI is InChI=1S/C21H24FNO5/c1-21(14-20(25)26,15-7-5-8-16(13-15)27-2)23-19(24)11-6-12-28-18-10-4-3-9-17(18)22/h3-5,7-10,13H,6,11-12,14H2,1-2H3,(H,23,24)(H,25,26). The molecule has 0 saturated carbocycles. The SMILES string of the molecule is COc1cccc(C(C)(CC(=O)O)NC(=O)CCCOc2ccccc2F)c1. The van der Waals surface area contributed by atoms with E-state index in [1.165, 1.54) is 19.2 Å². The highest BCUT2D eigenvalue weighted by Gasteiger charge is 2.31. The Bertz CT molecular complexity index is 826.